The fourth-order valence-corrected chi connectivity index (χ4v) is 4.48. The lowest BCUT2D eigenvalue weighted by Crippen LogP contribution is -2.36. The second kappa shape index (κ2) is 8.03. The van der Waals surface area contributed by atoms with Crippen molar-refractivity contribution in [2.24, 2.45) is 11.1 Å². The second-order valence-electron chi connectivity index (χ2n) is 9.48. The number of carbonyl (C=O) groups is 3. The Balaban J connectivity index is 1.52. The van der Waals surface area contributed by atoms with E-state index in [9.17, 15) is 19.5 Å². The zero-order valence-corrected chi connectivity index (χ0v) is 18.2. The van der Waals surface area contributed by atoms with Crippen molar-refractivity contribution >= 4 is 29.1 Å². The average molecular weight is 437 g/mol. The molecule has 2 aromatic rings. The van der Waals surface area contributed by atoms with Gasteiger partial charge in [-0.25, -0.2) is 0 Å². The van der Waals surface area contributed by atoms with E-state index in [-0.39, 0.29) is 23.8 Å². The van der Waals surface area contributed by atoms with E-state index in [0.29, 0.717) is 30.6 Å². The summed E-state index contributed by atoms with van der Waals surface area (Å²) in [4.78, 5) is 37.0. The molecule has 2 aromatic carbocycles. The molecule has 168 valence electrons. The van der Waals surface area contributed by atoms with E-state index < -0.39 is 17.4 Å². The number of carbonyl (C=O) groups excluding carboxylic acids is 3. The fourth-order valence-electron chi connectivity index (χ4n) is 4.48. The van der Waals surface area contributed by atoms with E-state index in [1.807, 2.05) is 32.0 Å². The monoisotopic (exact) mass is 436 g/mol. The van der Waals surface area contributed by atoms with Gasteiger partial charge in [0.05, 0.1) is 11.5 Å². The molecule has 2 heterocycles. The standard InChI is InChI=1S/C24H28N4O4/c1-23(2,13-29)10-14-3-8-18-17(9-14)24(22(32)28-18)11-19(26-12-24)21(31)27-16-6-4-15(5-7-16)20(25)30/h3-9,19,26,29H,10-13H2,1-2H3,(H2,25,30)(H,27,31)(H,28,32). The van der Waals surface area contributed by atoms with Gasteiger partial charge in [0.25, 0.3) is 0 Å². The highest BCUT2D eigenvalue weighted by atomic mass is 16.3. The number of amides is 3. The van der Waals surface area contributed by atoms with Gasteiger partial charge in [0.2, 0.25) is 17.7 Å². The van der Waals surface area contributed by atoms with Crippen LogP contribution >= 0.6 is 0 Å². The fraction of sp³-hybridized carbons (Fsp3) is 0.375. The van der Waals surface area contributed by atoms with Gasteiger partial charge in [-0.2, -0.15) is 0 Å². The van der Waals surface area contributed by atoms with E-state index in [1.54, 1.807) is 24.3 Å². The van der Waals surface area contributed by atoms with Gasteiger partial charge in [0.1, 0.15) is 0 Å². The summed E-state index contributed by atoms with van der Waals surface area (Å²) in [6, 6.07) is 11.7. The van der Waals surface area contributed by atoms with Crippen molar-refractivity contribution in [1.82, 2.24) is 5.32 Å². The van der Waals surface area contributed by atoms with Gasteiger partial charge >= 0.3 is 0 Å². The maximum absolute atomic E-state index is 13.0. The normalized spacial score (nSPS) is 22.0. The zero-order chi connectivity index (χ0) is 23.1. The summed E-state index contributed by atoms with van der Waals surface area (Å²) < 4.78 is 0. The molecule has 2 aliphatic heterocycles. The zero-order valence-electron chi connectivity index (χ0n) is 18.2. The van der Waals surface area contributed by atoms with Crippen molar-refractivity contribution in [3.05, 3.63) is 59.2 Å². The number of primary amides is 1. The Bertz CT molecular complexity index is 1080. The Hall–Kier alpha value is -3.23. The van der Waals surface area contributed by atoms with Crippen LogP contribution in [0.25, 0.3) is 0 Å². The first-order chi connectivity index (χ1) is 15.1. The van der Waals surface area contributed by atoms with E-state index in [0.717, 1.165) is 16.8 Å². The summed E-state index contributed by atoms with van der Waals surface area (Å²) in [6.45, 7) is 4.41. The SMILES string of the molecule is CC(C)(CO)Cc1ccc2c(c1)C1(CNC(C(=O)Nc3ccc(C(N)=O)cc3)C1)C(=O)N2. The summed E-state index contributed by atoms with van der Waals surface area (Å²) in [5.41, 5.74) is 7.78. The molecule has 4 rings (SSSR count). The number of hydrogen-bond donors (Lipinski definition) is 5. The van der Waals surface area contributed by atoms with E-state index in [1.165, 1.54) is 0 Å². The van der Waals surface area contributed by atoms with Crippen LogP contribution in [0.5, 0.6) is 0 Å². The number of benzene rings is 2. The number of nitrogens with one attached hydrogen (secondary N) is 3. The van der Waals surface area contributed by atoms with Crippen LogP contribution in [0.1, 0.15) is 41.8 Å². The van der Waals surface area contributed by atoms with E-state index in [4.69, 9.17) is 5.73 Å². The molecule has 8 heteroatoms. The maximum Gasteiger partial charge on any atom is 0.248 e. The minimum Gasteiger partial charge on any atom is -0.396 e. The first-order valence-corrected chi connectivity index (χ1v) is 10.6. The molecule has 8 nitrogen and oxygen atoms in total. The first kappa shape index (κ1) is 22.0. The van der Waals surface area contributed by atoms with Gasteiger partial charge in [-0.3, -0.25) is 14.4 Å². The summed E-state index contributed by atoms with van der Waals surface area (Å²) in [6.07, 6.45) is 1.02. The van der Waals surface area contributed by atoms with Crippen molar-refractivity contribution in [1.29, 1.82) is 0 Å². The Labute approximate surface area is 186 Å². The number of nitrogens with two attached hydrogens (primary N) is 1. The van der Waals surface area contributed by atoms with E-state index >= 15 is 0 Å². The van der Waals surface area contributed by atoms with Crippen LogP contribution in [0.15, 0.2) is 42.5 Å². The molecule has 1 spiro atoms. The van der Waals surface area contributed by atoms with Crippen LogP contribution in [-0.4, -0.2) is 42.0 Å². The van der Waals surface area contributed by atoms with Crippen molar-refractivity contribution in [3.63, 3.8) is 0 Å². The van der Waals surface area contributed by atoms with Crippen molar-refractivity contribution in [2.75, 3.05) is 23.8 Å². The molecule has 2 aliphatic rings. The van der Waals surface area contributed by atoms with Crippen LogP contribution in [0.3, 0.4) is 0 Å². The highest BCUT2D eigenvalue weighted by Gasteiger charge is 2.53. The third kappa shape index (κ3) is 3.99. The molecule has 1 saturated heterocycles. The van der Waals surface area contributed by atoms with Crippen LogP contribution in [0.4, 0.5) is 11.4 Å². The number of hydrogen-bond acceptors (Lipinski definition) is 5. The summed E-state index contributed by atoms with van der Waals surface area (Å²) in [5, 5.41) is 18.6. The van der Waals surface area contributed by atoms with Crippen molar-refractivity contribution in [2.45, 2.75) is 38.1 Å². The molecule has 0 radical (unpaired) electrons. The molecule has 3 amide bonds. The molecule has 2 unspecified atom stereocenters. The predicted molar refractivity (Wildman–Crippen MR) is 121 cm³/mol. The third-order valence-corrected chi connectivity index (χ3v) is 6.35. The van der Waals surface area contributed by atoms with Gasteiger partial charge in [-0.05, 0) is 59.7 Å². The molecular formula is C24H28N4O4. The molecule has 1 fully saturated rings. The van der Waals surface area contributed by atoms with E-state index in [2.05, 4.69) is 16.0 Å². The molecule has 32 heavy (non-hydrogen) atoms. The van der Waals surface area contributed by atoms with Crippen molar-refractivity contribution < 1.29 is 19.5 Å². The Morgan fingerprint density at radius 1 is 1.22 bits per heavy atom. The van der Waals surface area contributed by atoms with Gasteiger partial charge in [0, 0.05) is 30.1 Å². The van der Waals surface area contributed by atoms with Gasteiger partial charge in [-0.15, -0.1) is 0 Å². The summed E-state index contributed by atoms with van der Waals surface area (Å²) in [5.74, 6) is -0.887. The highest BCUT2D eigenvalue weighted by molar-refractivity contribution is 6.08. The largest absolute Gasteiger partial charge is 0.396 e. The summed E-state index contributed by atoms with van der Waals surface area (Å²) >= 11 is 0. The van der Waals surface area contributed by atoms with Gasteiger partial charge in [-0.1, -0.05) is 26.0 Å². The minimum atomic E-state index is -0.813. The molecular weight excluding hydrogens is 408 g/mol. The number of aliphatic hydroxyl groups is 1. The average Bonchev–Trinajstić information content (AvgIpc) is 3.32. The number of fused-ring (bicyclic) bond motifs is 2. The molecule has 6 N–H and O–H groups in total. The topological polar surface area (TPSA) is 134 Å². The Morgan fingerprint density at radius 3 is 2.59 bits per heavy atom. The molecule has 0 aromatic heterocycles. The molecule has 2 atom stereocenters. The number of rotatable bonds is 6. The lowest BCUT2D eigenvalue weighted by molar-refractivity contribution is -0.120. The lowest BCUT2D eigenvalue weighted by Gasteiger charge is -2.24. The second-order valence-corrected chi connectivity index (χ2v) is 9.48. The predicted octanol–water partition coefficient (Wildman–Crippen LogP) is 1.54. The third-order valence-electron chi connectivity index (χ3n) is 6.35. The maximum atomic E-state index is 13.0. The van der Waals surface area contributed by atoms with Crippen molar-refractivity contribution in [3.8, 4) is 0 Å². The number of aliphatic hydroxyl groups excluding tert-OH is 1. The quantitative estimate of drug-likeness (QED) is 0.468. The molecule has 0 aliphatic carbocycles. The Kier molecular flexibility index (Phi) is 5.52. The van der Waals surface area contributed by atoms with Crippen LogP contribution in [0.2, 0.25) is 0 Å². The smallest absolute Gasteiger partial charge is 0.248 e. The Morgan fingerprint density at radius 2 is 1.94 bits per heavy atom. The van der Waals surface area contributed by atoms with Crippen LogP contribution < -0.4 is 21.7 Å². The highest BCUT2D eigenvalue weighted by Crippen LogP contribution is 2.44. The van der Waals surface area contributed by atoms with Gasteiger partial charge in [0.15, 0.2) is 0 Å². The lowest BCUT2D eigenvalue weighted by atomic mass is 9.77. The minimum absolute atomic E-state index is 0.0661. The van der Waals surface area contributed by atoms with Gasteiger partial charge < -0.3 is 26.8 Å². The summed E-state index contributed by atoms with van der Waals surface area (Å²) in [7, 11) is 0. The van der Waals surface area contributed by atoms with Crippen LogP contribution in [0, 0.1) is 5.41 Å². The number of anilines is 2. The first-order valence-electron chi connectivity index (χ1n) is 10.6. The molecule has 0 saturated carbocycles. The van der Waals surface area contributed by atoms with Crippen LogP contribution in [-0.2, 0) is 21.4 Å². The molecule has 0 bridgehead atoms.